The summed E-state index contributed by atoms with van der Waals surface area (Å²) in [4.78, 5) is 0. The molecule has 0 bridgehead atoms. The summed E-state index contributed by atoms with van der Waals surface area (Å²) in [5.74, 6) is 0.335. The molecule has 2 unspecified atom stereocenters. The second-order valence-corrected chi connectivity index (χ2v) is 3.89. The first-order valence-corrected chi connectivity index (χ1v) is 5.24. The van der Waals surface area contributed by atoms with Crippen molar-refractivity contribution >= 4 is 0 Å². The molecule has 0 aromatic heterocycles. The van der Waals surface area contributed by atoms with Gasteiger partial charge in [-0.15, -0.1) is 0 Å². The highest BCUT2D eigenvalue weighted by Gasteiger charge is 2.28. The normalized spacial score (nSPS) is 24.5. The average molecular weight is 209 g/mol. The third kappa shape index (κ3) is 2.61. The summed E-state index contributed by atoms with van der Waals surface area (Å²) in [6, 6.07) is 2.52. The lowest BCUT2D eigenvalue weighted by Crippen LogP contribution is -2.45. The Morgan fingerprint density at radius 1 is 1.73 bits per heavy atom. The quantitative estimate of drug-likeness (QED) is 0.471. The first kappa shape index (κ1) is 11.8. The van der Waals surface area contributed by atoms with E-state index < -0.39 is 0 Å². The van der Waals surface area contributed by atoms with Gasteiger partial charge in [0.1, 0.15) is 0 Å². The Morgan fingerprint density at radius 3 is 2.93 bits per heavy atom. The number of nitriles is 1. The molecule has 15 heavy (non-hydrogen) atoms. The van der Waals surface area contributed by atoms with E-state index in [1.54, 1.807) is 0 Å². The van der Waals surface area contributed by atoms with Crippen LogP contribution in [0.4, 0.5) is 0 Å². The molecule has 1 aliphatic rings. The minimum absolute atomic E-state index is 0.212. The van der Waals surface area contributed by atoms with E-state index in [9.17, 15) is 0 Å². The molecule has 0 saturated heterocycles. The SMILES string of the molecule is CC[C@H](C)NC(N)C1=C(N)NCC1C#N. The fraction of sp³-hybridized carbons (Fsp3) is 0.700. The van der Waals surface area contributed by atoms with Gasteiger partial charge in [-0.3, -0.25) is 5.32 Å². The van der Waals surface area contributed by atoms with Gasteiger partial charge in [-0.25, -0.2) is 0 Å². The number of hydrogen-bond acceptors (Lipinski definition) is 5. The molecule has 0 radical (unpaired) electrons. The number of nitrogens with one attached hydrogen (secondary N) is 2. The minimum Gasteiger partial charge on any atom is -0.385 e. The molecule has 0 aromatic carbocycles. The van der Waals surface area contributed by atoms with E-state index in [-0.39, 0.29) is 12.1 Å². The van der Waals surface area contributed by atoms with Crippen LogP contribution in [-0.4, -0.2) is 18.8 Å². The predicted molar refractivity (Wildman–Crippen MR) is 59.2 cm³/mol. The molecule has 1 aliphatic heterocycles. The van der Waals surface area contributed by atoms with Crippen LogP contribution >= 0.6 is 0 Å². The molecule has 3 atom stereocenters. The highest BCUT2D eigenvalue weighted by molar-refractivity contribution is 5.29. The van der Waals surface area contributed by atoms with Crippen LogP contribution in [0.2, 0.25) is 0 Å². The molecule has 0 saturated carbocycles. The highest BCUT2D eigenvalue weighted by atomic mass is 15.1. The number of nitrogens with zero attached hydrogens (tertiary/aromatic N) is 1. The van der Waals surface area contributed by atoms with Crippen molar-refractivity contribution in [2.24, 2.45) is 17.4 Å². The Balaban J connectivity index is 2.69. The van der Waals surface area contributed by atoms with Crippen molar-refractivity contribution in [2.45, 2.75) is 32.5 Å². The van der Waals surface area contributed by atoms with E-state index in [0.717, 1.165) is 12.0 Å². The van der Waals surface area contributed by atoms with E-state index in [1.807, 2.05) is 0 Å². The number of nitrogens with two attached hydrogens (primary N) is 2. The van der Waals surface area contributed by atoms with Crippen LogP contribution in [0.15, 0.2) is 11.4 Å². The molecule has 1 heterocycles. The zero-order valence-electron chi connectivity index (χ0n) is 9.25. The Bertz CT molecular complexity index is 291. The van der Waals surface area contributed by atoms with Gasteiger partial charge < -0.3 is 16.8 Å². The molecule has 0 aromatic rings. The maximum atomic E-state index is 8.93. The predicted octanol–water partition coefficient (Wildman–Crippen LogP) is -0.427. The van der Waals surface area contributed by atoms with Gasteiger partial charge in [0, 0.05) is 18.2 Å². The summed E-state index contributed by atoms with van der Waals surface area (Å²) in [5.41, 5.74) is 12.5. The van der Waals surface area contributed by atoms with Gasteiger partial charge in [-0.2, -0.15) is 5.26 Å². The van der Waals surface area contributed by atoms with Crippen molar-refractivity contribution in [1.82, 2.24) is 10.6 Å². The summed E-state index contributed by atoms with van der Waals surface area (Å²) in [6.45, 7) is 4.70. The summed E-state index contributed by atoms with van der Waals surface area (Å²) < 4.78 is 0. The molecule has 84 valence electrons. The molecular weight excluding hydrogens is 190 g/mol. The van der Waals surface area contributed by atoms with Crippen molar-refractivity contribution in [1.29, 1.82) is 5.26 Å². The van der Waals surface area contributed by atoms with Gasteiger partial charge in [-0.05, 0) is 13.3 Å². The third-order valence-electron chi connectivity index (χ3n) is 2.75. The molecule has 0 fully saturated rings. The minimum atomic E-state index is -0.334. The van der Waals surface area contributed by atoms with E-state index in [0.29, 0.717) is 18.4 Å². The topological polar surface area (TPSA) is 99.9 Å². The van der Waals surface area contributed by atoms with E-state index in [4.69, 9.17) is 16.7 Å². The fourth-order valence-corrected chi connectivity index (χ4v) is 1.63. The largest absolute Gasteiger partial charge is 0.385 e. The molecular formula is C10H19N5. The van der Waals surface area contributed by atoms with Gasteiger partial charge in [0.25, 0.3) is 0 Å². The number of rotatable bonds is 4. The maximum absolute atomic E-state index is 8.93. The molecule has 0 amide bonds. The highest BCUT2D eigenvalue weighted by Crippen LogP contribution is 2.19. The van der Waals surface area contributed by atoms with Crippen molar-refractivity contribution in [2.75, 3.05) is 6.54 Å². The third-order valence-corrected chi connectivity index (χ3v) is 2.75. The lowest BCUT2D eigenvalue weighted by Gasteiger charge is -2.21. The zero-order chi connectivity index (χ0) is 11.4. The molecule has 0 spiro atoms. The van der Waals surface area contributed by atoms with Gasteiger partial charge in [0.05, 0.1) is 24.0 Å². The first-order chi connectivity index (χ1) is 7.10. The Morgan fingerprint density at radius 2 is 2.40 bits per heavy atom. The second kappa shape index (κ2) is 5.01. The Labute approximate surface area is 90.5 Å². The van der Waals surface area contributed by atoms with E-state index >= 15 is 0 Å². The average Bonchev–Trinajstić information content (AvgIpc) is 2.59. The smallest absolute Gasteiger partial charge is 0.0995 e. The summed E-state index contributed by atoms with van der Waals surface area (Å²) >= 11 is 0. The Hall–Kier alpha value is -1.25. The lowest BCUT2D eigenvalue weighted by atomic mass is 10.0. The lowest BCUT2D eigenvalue weighted by molar-refractivity contribution is 0.466. The molecule has 1 rings (SSSR count). The van der Waals surface area contributed by atoms with Crippen molar-refractivity contribution < 1.29 is 0 Å². The van der Waals surface area contributed by atoms with E-state index in [1.165, 1.54) is 0 Å². The van der Waals surface area contributed by atoms with Crippen LogP contribution in [0.3, 0.4) is 0 Å². The summed E-state index contributed by atoms with van der Waals surface area (Å²) in [7, 11) is 0. The second-order valence-electron chi connectivity index (χ2n) is 3.89. The van der Waals surface area contributed by atoms with Crippen LogP contribution < -0.4 is 22.1 Å². The number of hydrogen-bond donors (Lipinski definition) is 4. The van der Waals surface area contributed by atoms with Gasteiger partial charge in [0.2, 0.25) is 0 Å². The van der Waals surface area contributed by atoms with Crippen LogP contribution in [-0.2, 0) is 0 Å². The fourth-order valence-electron chi connectivity index (χ4n) is 1.63. The van der Waals surface area contributed by atoms with Crippen LogP contribution in [0, 0.1) is 17.2 Å². The van der Waals surface area contributed by atoms with Crippen molar-refractivity contribution in [3.05, 3.63) is 11.4 Å². The standard InChI is InChI=1S/C10H19N5/c1-3-6(2)15-10(13)8-7(4-11)5-14-9(8)12/h6-7,10,14-15H,3,5,12-13H2,1-2H3/t6-,7?,10?/m0/s1. The summed E-state index contributed by atoms with van der Waals surface area (Å²) in [6.07, 6.45) is 0.658. The van der Waals surface area contributed by atoms with E-state index in [2.05, 4.69) is 30.6 Å². The van der Waals surface area contributed by atoms with Crippen LogP contribution in [0.5, 0.6) is 0 Å². The molecule has 0 aliphatic carbocycles. The molecule has 5 heteroatoms. The molecule has 5 nitrogen and oxygen atoms in total. The maximum Gasteiger partial charge on any atom is 0.0995 e. The van der Waals surface area contributed by atoms with Gasteiger partial charge in [-0.1, -0.05) is 6.92 Å². The van der Waals surface area contributed by atoms with Crippen molar-refractivity contribution in [3.8, 4) is 6.07 Å². The Kier molecular flexibility index (Phi) is 3.95. The van der Waals surface area contributed by atoms with Crippen LogP contribution in [0.1, 0.15) is 20.3 Å². The van der Waals surface area contributed by atoms with Crippen LogP contribution in [0.25, 0.3) is 0 Å². The monoisotopic (exact) mass is 209 g/mol. The summed E-state index contributed by atoms with van der Waals surface area (Å²) in [5, 5.41) is 15.1. The van der Waals surface area contributed by atoms with Crippen molar-refractivity contribution in [3.63, 3.8) is 0 Å². The first-order valence-electron chi connectivity index (χ1n) is 5.24. The van der Waals surface area contributed by atoms with Gasteiger partial charge >= 0.3 is 0 Å². The molecule has 6 N–H and O–H groups in total. The van der Waals surface area contributed by atoms with Gasteiger partial charge in [0.15, 0.2) is 0 Å². The zero-order valence-corrected chi connectivity index (χ0v) is 9.25.